The number of nitrogens with zero attached hydrogens (tertiary/aromatic N) is 3. The van der Waals surface area contributed by atoms with Crippen LogP contribution in [0.5, 0.6) is 0 Å². The molecule has 3 nitrogen and oxygen atoms in total. The number of aromatic nitrogens is 3. The fourth-order valence-corrected chi connectivity index (χ4v) is 5.73. The molecular formula is C37H23N3. The van der Waals surface area contributed by atoms with E-state index in [4.69, 9.17) is 15.0 Å². The van der Waals surface area contributed by atoms with Crippen LogP contribution in [0.15, 0.2) is 140 Å². The Morgan fingerprint density at radius 3 is 1.65 bits per heavy atom. The van der Waals surface area contributed by atoms with E-state index in [-0.39, 0.29) is 0 Å². The van der Waals surface area contributed by atoms with E-state index in [0.717, 1.165) is 32.8 Å². The number of hydrogen-bond acceptors (Lipinski definition) is 3. The molecule has 0 aliphatic rings. The van der Waals surface area contributed by atoms with Crippen molar-refractivity contribution in [2.45, 2.75) is 0 Å². The zero-order chi connectivity index (χ0) is 26.5. The molecule has 7 aromatic carbocycles. The summed E-state index contributed by atoms with van der Waals surface area (Å²) < 4.78 is 0. The van der Waals surface area contributed by atoms with Crippen molar-refractivity contribution in [3.8, 4) is 34.2 Å². The third kappa shape index (κ3) is 3.71. The molecule has 0 spiro atoms. The molecule has 186 valence electrons. The van der Waals surface area contributed by atoms with E-state index >= 15 is 0 Å². The summed E-state index contributed by atoms with van der Waals surface area (Å²) in [6, 6.07) is 48.7. The van der Waals surface area contributed by atoms with Gasteiger partial charge in [0.1, 0.15) is 0 Å². The number of hydrogen-bond donors (Lipinski definition) is 0. The largest absolute Gasteiger partial charge is 0.208 e. The molecule has 0 radical (unpaired) electrons. The third-order valence-corrected chi connectivity index (χ3v) is 7.70. The lowest BCUT2D eigenvalue weighted by Gasteiger charge is -2.11. The fraction of sp³-hybridized carbons (Fsp3) is 0. The maximum atomic E-state index is 5.04. The van der Waals surface area contributed by atoms with Crippen LogP contribution in [0.25, 0.3) is 77.3 Å². The fourth-order valence-electron chi connectivity index (χ4n) is 5.73. The molecule has 0 amide bonds. The van der Waals surface area contributed by atoms with Crippen molar-refractivity contribution < 1.29 is 0 Å². The molecule has 1 heterocycles. The zero-order valence-corrected chi connectivity index (χ0v) is 21.6. The normalized spacial score (nSPS) is 11.5. The lowest BCUT2D eigenvalue weighted by Crippen LogP contribution is -2.00. The summed E-state index contributed by atoms with van der Waals surface area (Å²) in [5.74, 6) is 2.00. The maximum absolute atomic E-state index is 5.04. The van der Waals surface area contributed by atoms with E-state index in [0.29, 0.717) is 17.5 Å². The van der Waals surface area contributed by atoms with E-state index in [1.165, 1.54) is 26.9 Å². The Labute approximate surface area is 231 Å². The molecule has 0 aliphatic carbocycles. The summed E-state index contributed by atoms with van der Waals surface area (Å²) in [5.41, 5.74) is 2.93. The van der Waals surface area contributed by atoms with E-state index in [1.807, 2.05) is 30.3 Å². The topological polar surface area (TPSA) is 38.7 Å². The summed E-state index contributed by atoms with van der Waals surface area (Å²) in [6.07, 6.45) is 0. The van der Waals surface area contributed by atoms with Crippen LogP contribution in [0.4, 0.5) is 0 Å². The third-order valence-electron chi connectivity index (χ3n) is 7.70. The smallest absolute Gasteiger partial charge is 0.164 e. The molecule has 0 N–H and O–H groups in total. The van der Waals surface area contributed by atoms with Crippen LogP contribution < -0.4 is 0 Å². The van der Waals surface area contributed by atoms with Gasteiger partial charge in [-0.15, -0.1) is 0 Å². The summed E-state index contributed by atoms with van der Waals surface area (Å²) >= 11 is 0. The van der Waals surface area contributed by atoms with Gasteiger partial charge in [-0.1, -0.05) is 133 Å². The Morgan fingerprint density at radius 1 is 0.300 bits per heavy atom. The first-order valence-corrected chi connectivity index (χ1v) is 13.5. The molecule has 8 aromatic rings. The molecule has 0 unspecified atom stereocenters. The first-order chi connectivity index (χ1) is 19.8. The van der Waals surface area contributed by atoms with E-state index in [2.05, 4.69) is 109 Å². The molecule has 1 aromatic heterocycles. The van der Waals surface area contributed by atoms with Crippen LogP contribution in [-0.4, -0.2) is 15.0 Å². The zero-order valence-electron chi connectivity index (χ0n) is 21.6. The molecule has 0 atom stereocenters. The lowest BCUT2D eigenvalue weighted by molar-refractivity contribution is 1.08. The second kappa shape index (κ2) is 9.11. The first kappa shape index (κ1) is 22.6. The van der Waals surface area contributed by atoms with Crippen molar-refractivity contribution in [3.05, 3.63) is 140 Å². The molecule has 0 fully saturated rings. The molecule has 0 aliphatic heterocycles. The van der Waals surface area contributed by atoms with Gasteiger partial charge in [0.05, 0.1) is 0 Å². The van der Waals surface area contributed by atoms with Crippen LogP contribution in [0.2, 0.25) is 0 Å². The Morgan fingerprint density at radius 2 is 0.850 bits per heavy atom. The summed E-state index contributed by atoms with van der Waals surface area (Å²) in [7, 11) is 0. The van der Waals surface area contributed by atoms with Crippen molar-refractivity contribution >= 4 is 43.1 Å². The van der Waals surface area contributed by atoms with Gasteiger partial charge in [0.25, 0.3) is 0 Å². The second-order valence-corrected chi connectivity index (χ2v) is 10.1. The van der Waals surface area contributed by atoms with Gasteiger partial charge in [-0.2, -0.15) is 0 Å². The van der Waals surface area contributed by atoms with E-state index in [9.17, 15) is 0 Å². The molecular weight excluding hydrogens is 486 g/mol. The van der Waals surface area contributed by atoms with Crippen LogP contribution in [0.1, 0.15) is 0 Å². The van der Waals surface area contributed by atoms with Gasteiger partial charge >= 0.3 is 0 Å². The molecule has 0 saturated carbocycles. The highest BCUT2D eigenvalue weighted by Gasteiger charge is 2.15. The molecule has 40 heavy (non-hydrogen) atoms. The highest BCUT2D eigenvalue weighted by atomic mass is 15.0. The highest BCUT2D eigenvalue weighted by molar-refractivity contribution is 6.17. The summed E-state index contributed by atoms with van der Waals surface area (Å²) in [4.78, 5) is 15.0. The van der Waals surface area contributed by atoms with Crippen LogP contribution >= 0.6 is 0 Å². The second-order valence-electron chi connectivity index (χ2n) is 10.1. The van der Waals surface area contributed by atoms with Crippen molar-refractivity contribution in [1.29, 1.82) is 0 Å². The standard InChI is InChI=1S/C37H23N3/c1-2-11-26(12-3-1)35-38-36(40-37(39-35)34-16-8-13-24-9-4-7-15-30(24)34)28-19-20-31-27(23-28)18-22-32-29-14-6-5-10-25(29)17-21-33(31)32/h1-23H. The van der Waals surface area contributed by atoms with Crippen molar-refractivity contribution in [2.24, 2.45) is 0 Å². The minimum absolute atomic E-state index is 0.664. The minimum Gasteiger partial charge on any atom is -0.208 e. The van der Waals surface area contributed by atoms with Gasteiger partial charge in [0, 0.05) is 16.7 Å². The van der Waals surface area contributed by atoms with Crippen molar-refractivity contribution in [3.63, 3.8) is 0 Å². The van der Waals surface area contributed by atoms with Crippen LogP contribution in [0.3, 0.4) is 0 Å². The van der Waals surface area contributed by atoms with Gasteiger partial charge < -0.3 is 0 Å². The van der Waals surface area contributed by atoms with E-state index < -0.39 is 0 Å². The summed E-state index contributed by atoms with van der Waals surface area (Å²) in [5, 5.41) is 9.71. The molecule has 0 bridgehead atoms. The molecule has 3 heteroatoms. The lowest BCUT2D eigenvalue weighted by atomic mass is 9.96. The van der Waals surface area contributed by atoms with Gasteiger partial charge in [0.2, 0.25) is 0 Å². The van der Waals surface area contributed by atoms with Crippen LogP contribution in [0, 0.1) is 0 Å². The average Bonchev–Trinajstić information content (AvgIpc) is 3.04. The molecule has 0 saturated heterocycles. The predicted molar refractivity (Wildman–Crippen MR) is 166 cm³/mol. The Balaban J connectivity index is 1.34. The number of fused-ring (bicyclic) bond motifs is 6. The number of benzene rings is 7. The Hall–Kier alpha value is -5.41. The first-order valence-electron chi connectivity index (χ1n) is 13.5. The quantitative estimate of drug-likeness (QED) is 0.223. The van der Waals surface area contributed by atoms with E-state index in [1.54, 1.807) is 0 Å². The number of rotatable bonds is 3. The maximum Gasteiger partial charge on any atom is 0.164 e. The predicted octanol–water partition coefficient (Wildman–Crippen LogP) is 9.49. The summed E-state index contributed by atoms with van der Waals surface area (Å²) in [6.45, 7) is 0. The Kier molecular flexibility index (Phi) is 5.14. The average molecular weight is 510 g/mol. The van der Waals surface area contributed by atoms with Gasteiger partial charge in [0.15, 0.2) is 17.5 Å². The van der Waals surface area contributed by atoms with Gasteiger partial charge in [-0.05, 0) is 49.2 Å². The van der Waals surface area contributed by atoms with Gasteiger partial charge in [-0.3, -0.25) is 0 Å². The van der Waals surface area contributed by atoms with Crippen molar-refractivity contribution in [2.75, 3.05) is 0 Å². The van der Waals surface area contributed by atoms with Crippen LogP contribution in [-0.2, 0) is 0 Å². The van der Waals surface area contributed by atoms with Gasteiger partial charge in [-0.25, -0.2) is 15.0 Å². The monoisotopic (exact) mass is 509 g/mol. The van der Waals surface area contributed by atoms with Crippen molar-refractivity contribution in [1.82, 2.24) is 15.0 Å². The minimum atomic E-state index is 0.664. The SMILES string of the molecule is c1ccc(-c2nc(-c3ccc4c(ccc5c6ccccc6ccc45)c3)nc(-c3cccc4ccccc34)n2)cc1. The Bertz CT molecular complexity index is 2210. The molecule has 8 rings (SSSR count). The highest BCUT2D eigenvalue weighted by Crippen LogP contribution is 2.34.